The normalized spacial score (nSPS) is 39.1. The molecule has 2 N–H and O–H groups in total. The number of hydrazine groups is 1. The van der Waals surface area contributed by atoms with Crippen molar-refractivity contribution in [2.75, 3.05) is 6.54 Å². The van der Waals surface area contributed by atoms with Gasteiger partial charge in [0.05, 0.1) is 10.8 Å². The van der Waals surface area contributed by atoms with E-state index in [1.54, 1.807) is 0 Å². The van der Waals surface area contributed by atoms with Crippen molar-refractivity contribution in [3.63, 3.8) is 0 Å². The molecule has 0 bridgehead atoms. The number of halogens is 1. The van der Waals surface area contributed by atoms with Gasteiger partial charge in [-0.25, -0.2) is 8.42 Å². The highest BCUT2D eigenvalue weighted by Gasteiger charge is 2.48. The molecule has 0 radical (unpaired) electrons. The van der Waals surface area contributed by atoms with Crippen LogP contribution >= 0.6 is 10.7 Å². The second kappa shape index (κ2) is 3.63. The summed E-state index contributed by atoms with van der Waals surface area (Å²) in [6.07, 6.45) is 4.47. The first-order valence-corrected chi connectivity index (χ1v) is 7.35. The molecule has 6 heteroatoms. The molecule has 2 rings (SSSR count). The Hall–Kier alpha value is 0.160. The molecular weight excluding hydrogens is 224 g/mol. The zero-order chi connectivity index (χ0) is 10.2. The molecule has 2 aliphatic rings. The summed E-state index contributed by atoms with van der Waals surface area (Å²) in [5.74, 6) is 0. The highest BCUT2D eigenvalue weighted by molar-refractivity contribution is 8.14. The molecule has 14 heavy (non-hydrogen) atoms. The lowest BCUT2D eigenvalue weighted by Gasteiger charge is -2.38. The summed E-state index contributed by atoms with van der Waals surface area (Å²) in [5, 5.41) is -0.430. The van der Waals surface area contributed by atoms with Gasteiger partial charge in [0.15, 0.2) is 0 Å². The minimum Gasteiger partial charge on any atom is -0.257 e. The van der Waals surface area contributed by atoms with E-state index in [1.165, 1.54) is 0 Å². The van der Waals surface area contributed by atoms with E-state index in [4.69, 9.17) is 10.7 Å². The molecule has 1 aliphatic carbocycles. The van der Waals surface area contributed by atoms with E-state index in [-0.39, 0.29) is 5.54 Å². The lowest BCUT2D eigenvalue weighted by molar-refractivity contribution is 0.257. The first-order valence-electron chi connectivity index (χ1n) is 4.98. The maximum absolute atomic E-state index is 11.4. The molecule has 0 amide bonds. The molecule has 2 atom stereocenters. The van der Waals surface area contributed by atoms with E-state index in [0.29, 0.717) is 6.42 Å². The van der Waals surface area contributed by atoms with E-state index in [1.807, 2.05) is 0 Å². The van der Waals surface area contributed by atoms with E-state index < -0.39 is 14.3 Å². The van der Waals surface area contributed by atoms with Crippen LogP contribution in [0.15, 0.2) is 0 Å². The van der Waals surface area contributed by atoms with Gasteiger partial charge in [-0.1, -0.05) is 12.8 Å². The Bertz CT molecular complexity index is 311. The van der Waals surface area contributed by atoms with E-state index in [0.717, 1.165) is 32.2 Å². The fourth-order valence-electron chi connectivity index (χ4n) is 2.63. The van der Waals surface area contributed by atoms with Crippen molar-refractivity contribution in [1.82, 2.24) is 10.9 Å². The van der Waals surface area contributed by atoms with Crippen molar-refractivity contribution in [3.05, 3.63) is 0 Å². The first-order chi connectivity index (χ1) is 6.55. The first kappa shape index (κ1) is 10.7. The molecule has 0 aromatic rings. The van der Waals surface area contributed by atoms with Crippen molar-refractivity contribution in [1.29, 1.82) is 0 Å². The van der Waals surface area contributed by atoms with Crippen LogP contribution in [-0.4, -0.2) is 25.8 Å². The summed E-state index contributed by atoms with van der Waals surface area (Å²) >= 11 is 0. The molecule has 0 aromatic carbocycles. The summed E-state index contributed by atoms with van der Waals surface area (Å²) < 4.78 is 22.9. The Balaban J connectivity index is 2.27. The van der Waals surface area contributed by atoms with Gasteiger partial charge >= 0.3 is 0 Å². The minimum absolute atomic E-state index is 0.307. The summed E-state index contributed by atoms with van der Waals surface area (Å²) in [4.78, 5) is 0. The van der Waals surface area contributed by atoms with Gasteiger partial charge in [0.2, 0.25) is 9.05 Å². The second-order valence-electron chi connectivity index (χ2n) is 4.17. The number of hydrogen-bond acceptors (Lipinski definition) is 4. The molecule has 1 spiro atoms. The molecule has 82 valence electrons. The van der Waals surface area contributed by atoms with Gasteiger partial charge in [-0.3, -0.25) is 10.9 Å². The zero-order valence-corrected chi connectivity index (χ0v) is 9.50. The zero-order valence-electron chi connectivity index (χ0n) is 7.92. The molecule has 1 saturated heterocycles. The Kier molecular flexibility index (Phi) is 2.76. The molecule has 1 heterocycles. The van der Waals surface area contributed by atoms with Crippen molar-refractivity contribution < 1.29 is 8.42 Å². The van der Waals surface area contributed by atoms with Gasteiger partial charge in [0.25, 0.3) is 0 Å². The summed E-state index contributed by atoms with van der Waals surface area (Å²) in [5.41, 5.74) is 5.82. The molecule has 4 nitrogen and oxygen atoms in total. The third kappa shape index (κ3) is 1.78. The van der Waals surface area contributed by atoms with Crippen molar-refractivity contribution >= 4 is 19.7 Å². The van der Waals surface area contributed by atoms with Gasteiger partial charge in [0.1, 0.15) is 0 Å². The molecule has 2 unspecified atom stereocenters. The molecule has 0 aromatic heterocycles. The second-order valence-corrected chi connectivity index (χ2v) is 6.98. The van der Waals surface area contributed by atoms with Crippen molar-refractivity contribution in [3.8, 4) is 0 Å². The van der Waals surface area contributed by atoms with Crippen molar-refractivity contribution in [2.45, 2.75) is 42.9 Å². The fourth-order valence-corrected chi connectivity index (χ4v) is 4.69. The predicted octanol–water partition coefficient (Wildman–Crippen LogP) is 0.734. The lowest BCUT2D eigenvalue weighted by Crippen LogP contribution is -2.56. The van der Waals surface area contributed by atoms with Gasteiger partial charge in [-0.15, -0.1) is 0 Å². The Morgan fingerprint density at radius 3 is 2.64 bits per heavy atom. The molecular formula is C8H15ClN2O2S. The summed E-state index contributed by atoms with van der Waals surface area (Å²) in [6, 6.07) is 0. The number of hydrogen-bond donors (Lipinski definition) is 2. The molecule has 1 saturated carbocycles. The predicted molar refractivity (Wildman–Crippen MR) is 55.5 cm³/mol. The quantitative estimate of drug-likeness (QED) is 0.662. The van der Waals surface area contributed by atoms with Crippen LogP contribution < -0.4 is 10.9 Å². The summed E-state index contributed by atoms with van der Waals surface area (Å²) in [7, 11) is 2.04. The van der Waals surface area contributed by atoms with Crippen LogP contribution in [0.1, 0.15) is 32.1 Å². The number of nitrogens with one attached hydrogen (secondary N) is 2. The van der Waals surface area contributed by atoms with Crippen LogP contribution in [0.5, 0.6) is 0 Å². The Morgan fingerprint density at radius 1 is 1.29 bits per heavy atom. The largest absolute Gasteiger partial charge is 0.257 e. The van der Waals surface area contributed by atoms with Crippen LogP contribution in [0.4, 0.5) is 0 Å². The maximum Gasteiger partial charge on any atom is 0.237 e. The Morgan fingerprint density at radius 2 is 2.07 bits per heavy atom. The lowest BCUT2D eigenvalue weighted by atomic mass is 9.80. The SMILES string of the molecule is O=S(=O)(Cl)C1CCCCC12CCNN2. The number of rotatable bonds is 1. The Labute approximate surface area is 88.8 Å². The van der Waals surface area contributed by atoms with Gasteiger partial charge in [-0.2, -0.15) is 0 Å². The topological polar surface area (TPSA) is 58.2 Å². The average Bonchev–Trinajstić information content (AvgIpc) is 2.52. The van der Waals surface area contributed by atoms with Crippen LogP contribution in [0.2, 0.25) is 0 Å². The van der Waals surface area contributed by atoms with E-state index in [9.17, 15) is 8.42 Å². The maximum atomic E-state index is 11.4. The monoisotopic (exact) mass is 238 g/mol. The van der Waals surface area contributed by atoms with E-state index in [2.05, 4.69) is 10.9 Å². The van der Waals surface area contributed by atoms with Gasteiger partial charge < -0.3 is 0 Å². The highest BCUT2D eigenvalue weighted by Crippen LogP contribution is 2.38. The van der Waals surface area contributed by atoms with Gasteiger partial charge in [-0.05, 0) is 19.3 Å². The fraction of sp³-hybridized carbons (Fsp3) is 1.00. The smallest absolute Gasteiger partial charge is 0.237 e. The third-order valence-electron chi connectivity index (χ3n) is 3.33. The van der Waals surface area contributed by atoms with Crippen molar-refractivity contribution in [2.24, 2.45) is 0 Å². The van der Waals surface area contributed by atoms with Crippen LogP contribution in [0.25, 0.3) is 0 Å². The summed E-state index contributed by atoms with van der Waals surface area (Å²) in [6.45, 7) is 0.822. The molecule has 1 aliphatic heterocycles. The van der Waals surface area contributed by atoms with Crippen LogP contribution in [0, 0.1) is 0 Å². The van der Waals surface area contributed by atoms with Crippen LogP contribution in [0.3, 0.4) is 0 Å². The highest BCUT2D eigenvalue weighted by atomic mass is 35.7. The third-order valence-corrected chi connectivity index (χ3v) is 5.34. The van der Waals surface area contributed by atoms with Crippen LogP contribution in [-0.2, 0) is 9.05 Å². The minimum atomic E-state index is -3.45. The molecule has 2 fully saturated rings. The van der Waals surface area contributed by atoms with E-state index >= 15 is 0 Å². The average molecular weight is 239 g/mol. The van der Waals surface area contributed by atoms with Gasteiger partial charge in [0, 0.05) is 17.2 Å². The standard InChI is InChI=1S/C8H15ClN2O2S/c9-14(12,13)7-3-1-2-4-8(7)5-6-10-11-8/h7,10-11H,1-6H2.